The van der Waals surface area contributed by atoms with Crippen LogP contribution >= 0.6 is 23.2 Å². The molecule has 1 aliphatic heterocycles. The molecular weight excluding hydrogens is 347 g/mol. The van der Waals surface area contributed by atoms with Gasteiger partial charge in [0.05, 0.1) is 11.9 Å². The third-order valence-electron chi connectivity index (χ3n) is 4.34. The van der Waals surface area contributed by atoms with Crippen LogP contribution in [0.15, 0.2) is 30.5 Å². The zero-order valence-electron chi connectivity index (χ0n) is 13.5. The van der Waals surface area contributed by atoms with E-state index in [-0.39, 0.29) is 11.9 Å². The summed E-state index contributed by atoms with van der Waals surface area (Å²) in [5.74, 6) is 0.0353. The molecule has 0 aliphatic carbocycles. The van der Waals surface area contributed by atoms with Crippen LogP contribution in [0, 0.1) is 0 Å². The molecule has 1 unspecified atom stereocenters. The summed E-state index contributed by atoms with van der Waals surface area (Å²) >= 11 is 12.0. The van der Waals surface area contributed by atoms with Crippen LogP contribution in [0.5, 0.6) is 0 Å². The summed E-state index contributed by atoms with van der Waals surface area (Å²) in [5.41, 5.74) is 2.62. The highest BCUT2D eigenvalue weighted by molar-refractivity contribution is 6.31. The molecule has 0 radical (unpaired) electrons. The van der Waals surface area contributed by atoms with E-state index < -0.39 is 0 Å². The van der Waals surface area contributed by atoms with Gasteiger partial charge in [0.25, 0.3) is 0 Å². The molecule has 24 heavy (non-hydrogen) atoms. The second-order valence-electron chi connectivity index (χ2n) is 5.86. The Morgan fingerprint density at radius 1 is 1.33 bits per heavy atom. The molecular formula is C17H18Cl2N4O. The Bertz CT molecular complexity index is 800. The van der Waals surface area contributed by atoms with E-state index in [9.17, 15) is 4.79 Å². The molecule has 3 rings (SSSR count). The maximum absolute atomic E-state index is 12.5. The van der Waals surface area contributed by atoms with Crippen molar-refractivity contribution in [1.29, 1.82) is 0 Å². The smallest absolute Gasteiger partial charge is 0.247 e. The minimum Gasteiger partial charge on any atom is -0.336 e. The average Bonchev–Trinajstić information content (AvgIpc) is 3.00. The number of hydrogen-bond acceptors (Lipinski definition) is 3. The third-order valence-corrected chi connectivity index (χ3v) is 4.75. The lowest BCUT2D eigenvalue weighted by Crippen LogP contribution is -2.40. The fraction of sp³-hybridized carbons (Fsp3) is 0.353. The topological polar surface area (TPSA) is 51.0 Å². The van der Waals surface area contributed by atoms with Gasteiger partial charge in [0.2, 0.25) is 5.91 Å². The maximum atomic E-state index is 12.5. The number of rotatable bonds is 4. The first-order chi connectivity index (χ1) is 11.5. The van der Waals surface area contributed by atoms with E-state index in [1.807, 2.05) is 17.0 Å². The Morgan fingerprint density at radius 3 is 2.75 bits per heavy atom. The van der Waals surface area contributed by atoms with Gasteiger partial charge in [0.15, 0.2) is 5.15 Å². The van der Waals surface area contributed by atoms with Gasteiger partial charge in [0.1, 0.15) is 0 Å². The molecule has 0 spiro atoms. The molecule has 0 saturated heterocycles. The second kappa shape index (κ2) is 6.95. The number of hydrogen-bond donors (Lipinski definition) is 0. The molecule has 0 bridgehead atoms. The Hall–Kier alpha value is -1.85. The lowest BCUT2D eigenvalue weighted by molar-refractivity contribution is -0.128. The van der Waals surface area contributed by atoms with Gasteiger partial charge in [-0.25, -0.2) is 4.68 Å². The quantitative estimate of drug-likeness (QED) is 0.823. The maximum Gasteiger partial charge on any atom is 0.247 e. The lowest BCUT2D eigenvalue weighted by atomic mass is 9.96. The second-order valence-corrected chi connectivity index (χ2v) is 6.68. The predicted molar refractivity (Wildman–Crippen MR) is 95.4 cm³/mol. The Kier molecular flexibility index (Phi) is 4.92. The molecule has 5 nitrogen and oxygen atoms in total. The van der Waals surface area contributed by atoms with E-state index in [2.05, 4.69) is 24.2 Å². The van der Waals surface area contributed by atoms with Gasteiger partial charge in [-0.3, -0.25) is 4.79 Å². The average molecular weight is 365 g/mol. The summed E-state index contributed by atoms with van der Waals surface area (Å²) in [7, 11) is 0. The van der Waals surface area contributed by atoms with Crippen LogP contribution in [0.4, 0.5) is 0 Å². The Balaban J connectivity index is 2.01. The Labute approximate surface area is 150 Å². The number of benzene rings is 1. The van der Waals surface area contributed by atoms with Crippen LogP contribution in [0.3, 0.4) is 0 Å². The monoisotopic (exact) mass is 364 g/mol. The van der Waals surface area contributed by atoms with Crippen molar-refractivity contribution in [2.75, 3.05) is 6.54 Å². The highest BCUT2D eigenvalue weighted by Gasteiger charge is 2.24. The van der Waals surface area contributed by atoms with Crippen LogP contribution in [-0.4, -0.2) is 38.4 Å². The largest absolute Gasteiger partial charge is 0.336 e. The van der Waals surface area contributed by atoms with Gasteiger partial charge >= 0.3 is 0 Å². The predicted octanol–water partition coefficient (Wildman–Crippen LogP) is 3.99. The first-order valence-corrected chi connectivity index (χ1v) is 8.64. The third kappa shape index (κ3) is 3.32. The molecule has 1 aromatic carbocycles. The summed E-state index contributed by atoms with van der Waals surface area (Å²) in [5, 5.41) is 8.75. The van der Waals surface area contributed by atoms with Crippen molar-refractivity contribution >= 4 is 34.7 Å². The van der Waals surface area contributed by atoms with Crippen molar-refractivity contribution in [1.82, 2.24) is 19.9 Å². The van der Waals surface area contributed by atoms with E-state index in [1.165, 1.54) is 0 Å². The van der Waals surface area contributed by atoms with Crippen molar-refractivity contribution in [2.45, 2.75) is 32.7 Å². The van der Waals surface area contributed by atoms with Gasteiger partial charge in [-0.1, -0.05) is 35.3 Å². The van der Waals surface area contributed by atoms with Gasteiger partial charge in [0, 0.05) is 29.2 Å². The lowest BCUT2D eigenvalue weighted by Gasteiger charge is -2.31. The van der Waals surface area contributed by atoms with Crippen molar-refractivity contribution < 1.29 is 4.79 Å². The number of amides is 1. The molecule has 1 amide bonds. The molecule has 1 aliphatic rings. The van der Waals surface area contributed by atoms with Crippen molar-refractivity contribution in [3.05, 3.63) is 46.2 Å². The molecule has 2 heterocycles. The molecule has 0 fully saturated rings. The first-order valence-electron chi connectivity index (χ1n) is 7.89. The van der Waals surface area contributed by atoms with E-state index in [0.717, 1.165) is 29.7 Å². The fourth-order valence-corrected chi connectivity index (χ4v) is 3.15. The summed E-state index contributed by atoms with van der Waals surface area (Å²) in [6.45, 7) is 4.85. The van der Waals surface area contributed by atoms with Crippen LogP contribution in [-0.2, 0) is 4.79 Å². The summed E-state index contributed by atoms with van der Waals surface area (Å²) in [4.78, 5) is 14.4. The zero-order chi connectivity index (χ0) is 17.3. The molecule has 7 heteroatoms. The summed E-state index contributed by atoms with van der Waals surface area (Å²) in [6.07, 6.45) is 5.04. The number of carbonyl (C=O) groups excluding carboxylic acids is 1. The molecule has 0 N–H and O–H groups in total. The van der Waals surface area contributed by atoms with Crippen molar-refractivity contribution in [3.63, 3.8) is 0 Å². The van der Waals surface area contributed by atoms with Gasteiger partial charge in [-0.05, 0) is 43.5 Å². The number of carbonyl (C=O) groups is 1. The van der Waals surface area contributed by atoms with E-state index in [4.69, 9.17) is 23.2 Å². The van der Waals surface area contributed by atoms with Crippen LogP contribution in [0.2, 0.25) is 10.2 Å². The first kappa shape index (κ1) is 17.0. The molecule has 0 saturated carbocycles. The van der Waals surface area contributed by atoms with Crippen molar-refractivity contribution in [2.24, 2.45) is 0 Å². The fourth-order valence-electron chi connectivity index (χ4n) is 2.85. The number of halogens is 2. The highest BCUT2D eigenvalue weighted by Crippen LogP contribution is 2.31. The van der Waals surface area contributed by atoms with Crippen LogP contribution < -0.4 is 0 Å². The molecule has 1 aromatic heterocycles. The normalized spacial score (nSPS) is 16.2. The Morgan fingerprint density at radius 2 is 2.12 bits per heavy atom. The highest BCUT2D eigenvalue weighted by atomic mass is 35.5. The standard InChI is InChI=1S/C17H18Cl2N4O/c1-3-11(2)22-7-6-12(8-17(22)24)14-9-13(18)4-5-15(14)23-10-16(19)20-21-23/h4-5,8-11H,3,6-7H2,1-2H3. The molecule has 2 aromatic rings. The summed E-state index contributed by atoms with van der Waals surface area (Å²) in [6, 6.07) is 5.73. The van der Waals surface area contributed by atoms with Crippen LogP contribution in [0.25, 0.3) is 11.3 Å². The minimum atomic E-state index is 0.0353. The van der Waals surface area contributed by atoms with Gasteiger partial charge in [-0.2, -0.15) is 0 Å². The van der Waals surface area contributed by atoms with E-state index in [0.29, 0.717) is 16.7 Å². The molecule has 126 valence electrons. The molecule has 1 atom stereocenters. The number of aromatic nitrogens is 3. The zero-order valence-corrected chi connectivity index (χ0v) is 15.1. The van der Waals surface area contributed by atoms with Gasteiger partial charge in [-0.15, -0.1) is 5.10 Å². The van der Waals surface area contributed by atoms with Gasteiger partial charge < -0.3 is 4.90 Å². The minimum absolute atomic E-state index is 0.0353. The van der Waals surface area contributed by atoms with E-state index in [1.54, 1.807) is 23.0 Å². The van der Waals surface area contributed by atoms with Crippen LogP contribution in [0.1, 0.15) is 32.3 Å². The number of nitrogens with zero attached hydrogens (tertiary/aromatic N) is 4. The van der Waals surface area contributed by atoms with Crippen molar-refractivity contribution in [3.8, 4) is 5.69 Å². The SMILES string of the molecule is CCC(C)N1CCC(c2cc(Cl)ccc2-n2cc(Cl)nn2)=CC1=O. The van der Waals surface area contributed by atoms with E-state index >= 15 is 0 Å². The summed E-state index contributed by atoms with van der Waals surface area (Å²) < 4.78 is 1.60.